The average molecular weight is 706 g/mol. The maximum Gasteiger partial charge on any atom is 0.530 e. The van der Waals surface area contributed by atoms with E-state index in [2.05, 4.69) is 24.3 Å². The first-order valence-corrected chi connectivity index (χ1v) is 19.1. The number of hydrogen-bond donors (Lipinski definition) is 1. The molecule has 0 aromatic heterocycles. The molecule has 0 heterocycles. The predicted molar refractivity (Wildman–Crippen MR) is 193 cm³/mol. The van der Waals surface area contributed by atoms with Crippen molar-refractivity contribution in [1.29, 1.82) is 0 Å². The summed E-state index contributed by atoms with van der Waals surface area (Å²) in [6, 6.07) is 14.9. The Morgan fingerprint density at radius 2 is 1.49 bits per heavy atom. The Morgan fingerprint density at radius 1 is 0.878 bits per heavy atom. The lowest BCUT2D eigenvalue weighted by atomic mass is 10.0. The molecule has 276 valence electrons. The number of phosphoric acid groups is 1. The quantitative estimate of drug-likeness (QED) is 0.0647. The number of amides is 1. The minimum absolute atomic E-state index is 0.0157. The third-order valence-electron chi connectivity index (χ3n) is 7.25. The molecule has 11 heteroatoms. The van der Waals surface area contributed by atoms with Gasteiger partial charge in [-0.05, 0) is 88.0 Å². The second-order valence-corrected chi connectivity index (χ2v) is 15.8. The van der Waals surface area contributed by atoms with Gasteiger partial charge in [-0.25, -0.2) is 9.36 Å². The number of carbonyl (C=O) groups excluding carboxylic acids is 2. The molecule has 2 aromatic rings. The van der Waals surface area contributed by atoms with E-state index in [0.29, 0.717) is 25.0 Å². The number of hydrogen-bond acceptors (Lipinski definition) is 9. The Balaban J connectivity index is 1.92. The van der Waals surface area contributed by atoms with Gasteiger partial charge in [-0.1, -0.05) is 76.9 Å². The number of unbranched alkanes of at least 4 members (excludes halogenated alkanes) is 4. The molecule has 10 nitrogen and oxygen atoms in total. The fourth-order valence-electron chi connectivity index (χ4n) is 4.68. The standard InChI is InChI=1S/C38H60NO9P/c1-30(2)28-45-49(43,46-29-31(3)4)48-36-21-20-33(25-34(36)27-40)35(41)26-39(37(42)47-38(5,6)7)22-14-8-9-15-23-44-24-16-13-19-32-17-11-10-12-18-32/h10-12,17-18,20-21,25,27,30-31,35,41H,8-9,13-16,19,22-24,26,28-29H2,1-7H3. The molecular weight excluding hydrogens is 645 g/mol. The second-order valence-electron chi connectivity index (χ2n) is 14.2. The van der Waals surface area contributed by atoms with E-state index in [0.717, 1.165) is 51.6 Å². The Bertz CT molecular complexity index is 1260. The van der Waals surface area contributed by atoms with Crippen LogP contribution in [0.25, 0.3) is 0 Å². The van der Waals surface area contributed by atoms with Crippen LogP contribution in [0.3, 0.4) is 0 Å². The highest BCUT2D eigenvalue weighted by atomic mass is 31.2. The van der Waals surface area contributed by atoms with Gasteiger partial charge in [0.25, 0.3) is 0 Å². The molecule has 1 atom stereocenters. The lowest BCUT2D eigenvalue weighted by Gasteiger charge is -2.29. The maximum atomic E-state index is 13.4. The van der Waals surface area contributed by atoms with E-state index in [9.17, 15) is 19.3 Å². The largest absolute Gasteiger partial charge is 0.530 e. The van der Waals surface area contributed by atoms with Crippen molar-refractivity contribution in [3.63, 3.8) is 0 Å². The monoisotopic (exact) mass is 705 g/mol. The highest BCUT2D eigenvalue weighted by molar-refractivity contribution is 7.48. The molecule has 1 unspecified atom stereocenters. The summed E-state index contributed by atoms with van der Waals surface area (Å²) in [4.78, 5) is 26.6. The Labute approximate surface area is 294 Å². The number of aldehydes is 1. The van der Waals surface area contributed by atoms with Crippen LogP contribution in [0.4, 0.5) is 4.79 Å². The van der Waals surface area contributed by atoms with Gasteiger partial charge in [-0.2, -0.15) is 0 Å². The molecule has 0 saturated carbocycles. The summed E-state index contributed by atoms with van der Waals surface area (Å²) in [6.07, 6.45) is 5.66. The first-order chi connectivity index (χ1) is 23.2. The van der Waals surface area contributed by atoms with Crippen molar-refractivity contribution in [2.75, 3.05) is 39.5 Å². The van der Waals surface area contributed by atoms with Crippen molar-refractivity contribution in [3.8, 4) is 5.75 Å². The fourth-order valence-corrected chi connectivity index (χ4v) is 6.23. The molecule has 0 aliphatic heterocycles. The Morgan fingerprint density at radius 3 is 2.08 bits per heavy atom. The van der Waals surface area contributed by atoms with Gasteiger partial charge >= 0.3 is 13.9 Å². The summed E-state index contributed by atoms with van der Waals surface area (Å²) >= 11 is 0. The number of phosphoric ester groups is 1. The maximum absolute atomic E-state index is 13.4. The van der Waals surface area contributed by atoms with Crippen molar-refractivity contribution in [1.82, 2.24) is 4.90 Å². The summed E-state index contributed by atoms with van der Waals surface area (Å²) in [5.74, 6) is 0.173. The number of benzene rings is 2. The number of aryl methyl sites for hydroxylation is 1. The highest BCUT2D eigenvalue weighted by Crippen LogP contribution is 2.51. The van der Waals surface area contributed by atoms with Crippen molar-refractivity contribution in [3.05, 3.63) is 65.2 Å². The smallest absolute Gasteiger partial charge is 0.444 e. The van der Waals surface area contributed by atoms with E-state index in [-0.39, 0.29) is 42.9 Å². The van der Waals surface area contributed by atoms with Crippen LogP contribution < -0.4 is 4.52 Å². The molecule has 0 radical (unpaired) electrons. The average Bonchev–Trinajstić information content (AvgIpc) is 3.04. The zero-order chi connectivity index (χ0) is 36.3. The predicted octanol–water partition coefficient (Wildman–Crippen LogP) is 9.20. The third kappa shape index (κ3) is 18.2. The minimum atomic E-state index is -4.02. The zero-order valence-corrected chi connectivity index (χ0v) is 31.6. The van der Waals surface area contributed by atoms with Crippen LogP contribution in [0, 0.1) is 11.8 Å². The summed E-state index contributed by atoms with van der Waals surface area (Å²) < 4.78 is 41.6. The van der Waals surface area contributed by atoms with Crippen molar-refractivity contribution in [2.45, 2.75) is 105 Å². The highest BCUT2D eigenvalue weighted by Gasteiger charge is 2.31. The third-order valence-corrected chi connectivity index (χ3v) is 8.60. The Hall–Kier alpha value is -2.75. The van der Waals surface area contributed by atoms with E-state index < -0.39 is 25.6 Å². The first kappa shape index (κ1) is 42.4. The summed E-state index contributed by atoms with van der Waals surface area (Å²) in [7, 11) is -4.02. The van der Waals surface area contributed by atoms with Crippen LogP contribution in [0.15, 0.2) is 48.5 Å². The van der Waals surface area contributed by atoms with Gasteiger partial charge in [-0.3, -0.25) is 13.8 Å². The Kier molecular flexibility index (Phi) is 19.2. The molecule has 2 aromatic carbocycles. The first-order valence-electron chi connectivity index (χ1n) is 17.7. The number of aliphatic hydroxyl groups is 1. The molecule has 49 heavy (non-hydrogen) atoms. The van der Waals surface area contributed by atoms with Gasteiger partial charge in [0, 0.05) is 19.8 Å². The van der Waals surface area contributed by atoms with Crippen LogP contribution in [0.2, 0.25) is 0 Å². The van der Waals surface area contributed by atoms with Gasteiger partial charge < -0.3 is 24.0 Å². The van der Waals surface area contributed by atoms with Crippen LogP contribution in [0.5, 0.6) is 5.75 Å². The fraction of sp³-hybridized carbons (Fsp3) is 0.632. The normalized spacial score (nSPS) is 12.7. The van der Waals surface area contributed by atoms with Gasteiger partial charge in [-0.15, -0.1) is 0 Å². The molecule has 2 rings (SSSR count). The van der Waals surface area contributed by atoms with E-state index in [1.54, 1.807) is 26.8 Å². The number of nitrogens with zero attached hydrogens (tertiary/aromatic N) is 1. The molecule has 0 aliphatic carbocycles. The van der Waals surface area contributed by atoms with E-state index in [1.165, 1.54) is 22.6 Å². The molecule has 1 amide bonds. The molecule has 0 spiro atoms. The SMILES string of the molecule is CC(C)COP(=O)(OCC(C)C)Oc1ccc(C(O)CN(CCCCCCOCCCCc2ccccc2)C(=O)OC(C)(C)C)cc1C=O. The van der Waals surface area contributed by atoms with Crippen LogP contribution in [-0.4, -0.2) is 67.5 Å². The van der Waals surface area contributed by atoms with E-state index in [1.807, 2.05) is 33.8 Å². The van der Waals surface area contributed by atoms with Crippen molar-refractivity contribution in [2.24, 2.45) is 11.8 Å². The van der Waals surface area contributed by atoms with Gasteiger partial charge in [0.05, 0.1) is 31.4 Å². The summed E-state index contributed by atoms with van der Waals surface area (Å²) in [5.41, 5.74) is 1.11. The van der Waals surface area contributed by atoms with Crippen LogP contribution >= 0.6 is 7.82 Å². The van der Waals surface area contributed by atoms with Gasteiger partial charge in [0.2, 0.25) is 0 Å². The molecule has 0 bridgehead atoms. The van der Waals surface area contributed by atoms with Crippen molar-refractivity contribution < 1.29 is 42.3 Å². The second kappa shape index (κ2) is 22.1. The molecule has 0 aliphatic rings. The zero-order valence-electron chi connectivity index (χ0n) is 30.7. The van der Waals surface area contributed by atoms with Gasteiger partial charge in [0.15, 0.2) is 6.29 Å². The number of ether oxygens (including phenoxy) is 2. The molecule has 1 N–H and O–H groups in total. The lowest BCUT2D eigenvalue weighted by Crippen LogP contribution is -2.39. The summed E-state index contributed by atoms with van der Waals surface area (Å²) in [6.45, 7) is 15.1. The number of aliphatic hydroxyl groups excluding tert-OH is 1. The minimum Gasteiger partial charge on any atom is -0.444 e. The lowest BCUT2D eigenvalue weighted by molar-refractivity contribution is 0.0140. The van der Waals surface area contributed by atoms with Gasteiger partial charge in [0.1, 0.15) is 11.4 Å². The van der Waals surface area contributed by atoms with Crippen LogP contribution in [-0.2, 0) is 29.5 Å². The molecular formula is C38H60NO9P. The van der Waals surface area contributed by atoms with E-state index in [4.69, 9.17) is 23.0 Å². The topological polar surface area (TPSA) is 121 Å². The number of rotatable bonds is 24. The van der Waals surface area contributed by atoms with Crippen LogP contribution in [0.1, 0.15) is 115 Å². The molecule has 0 saturated heterocycles. The van der Waals surface area contributed by atoms with E-state index >= 15 is 0 Å². The summed E-state index contributed by atoms with van der Waals surface area (Å²) in [5, 5.41) is 11.2. The molecule has 0 fully saturated rings. The van der Waals surface area contributed by atoms with Crippen molar-refractivity contribution >= 4 is 20.2 Å². The number of carbonyl (C=O) groups is 2.